The van der Waals surface area contributed by atoms with Gasteiger partial charge in [-0.1, -0.05) is 29.8 Å². The Balaban J connectivity index is 1.43. The number of hydrogen-bond acceptors (Lipinski definition) is 6. The minimum atomic E-state index is 0.0493. The Hall–Kier alpha value is -3.10. The van der Waals surface area contributed by atoms with Crippen LogP contribution in [0.1, 0.15) is 46.5 Å². The van der Waals surface area contributed by atoms with E-state index in [9.17, 15) is 4.79 Å². The molecule has 0 unspecified atom stereocenters. The van der Waals surface area contributed by atoms with E-state index >= 15 is 0 Å². The monoisotopic (exact) mass is 474 g/mol. The number of thiazole rings is 1. The number of carbonyl (C=O) groups is 1. The molecule has 4 aromatic rings. The number of hydrogen-bond donors (Lipinski definition) is 0. The largest absolute Gasteiger partial charge is 0.336 e. The van der Waals surface area contributed by atoms with Gasteiger partial charge < -0.3 is 4.90 Å². The predicted molar refractivity (Wildman–Crippen MR) is 136 cm³/mol. The summed E-state index contributed by atoms with van der Waals surface area (Å²) in [6.45, 7) is 12.2. The van der Waals surface area contributed by atoms with Gasteiger partial charge >= 0.3 is 0 Å². The number of piperazine rings is 1. The molecule has 1 aliphatic rings. The average Bonchev–Trinajstić information content (AvgIpc) is 3.45. The van der Waals surface area contributed by atoms with Gasteiger partial charge in [0.05, 0.1) is 33.5 Å². The molecule has 8 heteroatoms. The van der Waals surface area contributed by atoms with Crippen molar-refractivity contribution in [3.05, 3.63) is 63.7 Å². The second kappa shape index (κ2) is 9.27. The molecule has 4 heterocycles. The third-order valence-corrected chi connectivity index (χ3v) is 7.17. The number of benzene rings is 1. The summed E-state index contributed by atoms with van der Waals surface area (Å²) in [6, 6.07) is 10.4. The van der Waals surface area contributed by atoms with Crippen molar-refractivity contribution in [2.45, 2.75) is 40.3 Å². The van der Waals surface area contributed by atoms with E-state index in [1.807, 2.05) is 22.6 Å². The van der Waals surface area contributed by atoms with Gasteiger partial charge in [0.2, 0.25) is 0 Å². The maximum atomic E-state index is 13.7. The molecule has 1 fully saturated rings. The molecule has 5 rings (SSSR count). The van der Waals surface area contributed by atoms with E-state index in [1.165, 1.54) is 5.56 Å². The van der Waals surface area contributed by atoms with Crippen molar-refractivity contribution in [2.24, 2.45) is 0 Å². The lowest BCUT2D eigenvalue weighted by Gasteiger charge is -2.34. The minimum absolute atomic E-state index is 0.0493. The van der Waals surface area contributed by atoms with Crippen molar-refractivity contribution in [3.63, 3.8) is 0 Å². The molecule has 0 spiro atoms. The van der Waals surface area contributed by atoms with Gasteiger partial charge in [-0.3, -0.25) is 9.69 Å². The van der Waals surface area contributed by atoms with E-state index in [4.69, 9.17) is 4.98 Å². The molecule has 0 bridgehead atoms. The fraction of sp³-hybridized carbons (Fsp3) is 0.385. The van der Waals surface area contributed by atoms with E-state index in [1.54, 1.807) is 17.5 Å². The smallest absolute Gasteiger partial charge is 0.254 e. The number of carbonyl (C=O) groups excluding carboxylic acids is 1. The fourth-order valence-electron chi connectivity index (χ4n) is 4.43. The molecule has 1 saturated heterocycles. The summed E-state index contributed by atoms with van der Waals surface area (Å²) in [5, 5.41) is 8.60. The van der Waals surface area contributed by atoms with Gasteiger partial charge in [0.25, 0.3) is 5.91 Å². The van der Waals surface area contributed by atoms with Crippen molar-refractivity contribution in [3.8, 4) is 11.3 Å². The second-order valence-corrected chi connectivity index (χ2v) is 10.3. The summed E-state index contributed by atoms with van der Waals surface area (Å²) < 4.78 is 1.90. The van der Waals surface area contributed by atoms with E-state index in [0.717, 1.165) is 52.6 Å². The lowest BCUT2D eigenvalue weighted by atomic mass is 10.0. The summed E-state index contributed by atoms with van der Waals surface area (Å²) in [5.41, 5.74) is 5.54. The van der Waals surface area contributed by atoms with Crippen LogP contribution >= 0.6 is 11.3 Å². The third kappa shape index (κ3) is 4.48. The number of rotatable bonds is 5. The summed E-state index contributed by atoms with van der Waals surface area (Å²) in [7, 11) is 0. The van der Waals surface area contributed by atoms with Crippen molar-refractivity contribution < 1.29 is 4.79 Å². The number of amides is 1. The lowest BCUT2D eigenvalue weighted by Crippen LogP contribution is -2.48. The molecule has 0 N–H and O–H groups in total. The summed E-state index contributed by atoms with van der Waals surface area (Å²) in [6.07, 6.45) is 1.79. The fourth-order valence-corrected chi connectivity index (χ4v) is 5.04. The molecule has 1 amide bonds. The maximum absolute atomic E-state index is 13.7. The standard InChI is InChI=1S/C26H30N6OS/c1-17(2)32-25-23(14-27-32)22(13-24(29-25)20-7-5-18(3)6-8-20)26(33)31-11-9-30(10-12-31)15-21-16-34-19(4)28-21/h5-8,13-14,16-17H,9-12,15H2,1-4H3. The van der Waals surface area contributed by atoms with Gasteiger partial charge in [-0.15, -0.1) is 11.3 Å². The highest BCUT2D eigenvalue weighted by molar-refractivity contribution is 7.09. The van der Waals surface area contributed by atoms with Crippen LogP contribution in [0, 0.1) is 13.8 Å². The van der Waals surface area contributed by atoms with Gasteiger partial charge in [-0.25, -0.2) is 14.6 Å². The Kier molecular flexibility index (Phi) is 6.18. The van der Waals surface area contributed by atoms with Crippen molar-refractivity contribution in [1.82, 2.24) is 29.5 Å². The van der Waals surface area contributed by atoms with Crippen molar-refractivity contribution in [1.29, 1.82) is 0 Å². The summed E-state index contributed by atoms with van der Waals surface area (Å²) in [4.78, 5) is 27.6. The topological polar surface area (TPSA) is 67.2 Å². The molecule has 34 heavy (non-hydrogen) atoms. The van der Waals surface area contributed by atoms with Gasteiger partial charge in [0, 0.05) is 49.7 Å². The van der Waals surface area contributed by atoms with E-state index in [-0.39, 0.29) is 11.9 Å². The molecule has 0 aliphatic carbocycles. The second-order valence-electron chi connectivity index (χ2n) is 9.27. The molecule has 7 nitrogen and oxygen atoms in total. The van der Waals surface area contributed by atoms with Gasteiger partial charge in [-0.2, -0.15) is 5.10 Å². The first-order valence-electron chi connectivity index (χ1n) is 11.8. The van der Waals surface area contributed by atoms with Crippen LogP contribution in [0.25, 0.3) is 22.3 Å². The van der Waals surface area contributed by atoms with Crippen LogP contribution in [0.15, 0.2) is 41.9 Å². The Morgan fingerprint density at radius 2 is 1.79 bits per heavy atom. The van der Waals surface area contributed by atoms with Crippen molar-refractivity contribution >= 4 is 28.3 Å². The van der Waals surface area contributed by atoms with Gasteiger partial charge in [0.15, 0.2) is 5.65 Å². The highest BCUT2D eigenvalue weighted by Gasteiger charge is 2.26. The molecule has 1 aromatic carbocycles. The average molecular weight is 475 g/mol. The highest BCUT2D eigenvalue weighted by Crippen LogP contribution is 2.28. The Morgan fingerprint density at radius 1 is 1.06 bits per heavy atom. The number of aryl methyl sites for hydroxylation is 2. The molecular weight excluding hydrogens is 444 g/mol. The lowest BCUT2D eigenvalue weighted by molar-refractivity contribution is 0.0629. The molecule has 0 radical (unpaired) electrons. The zero-order valence-electron chi connectivity index (χ0n) is 20.2. The first-order valence-corrected chi connectivity index (χ1v) is 12.6. The predicted octanol–water partition coefficient (Wildman–Crippen LogP) is 4.71. The zero-order valence-corrected chi connectivity index (χ0v) is 21.0. The van der Waals surface area contributed by atoms with Crippen LogP contribution in [0.5, 0.6) is 0 Å². The van der Waals surface area contributed by atoms with Crippen LogP contribution in [-0.4, -0.2) is 61.6 Å². The van der Waals surface area contributed by atoms with E-state index < -0.39 is 0 Å². The SMILES string of the molecule is Cc1ccc(-c2cc(C(=O)N3CCN(Cc4csc(C)n4)CC3)c3cnn(C(C)C)c3n2)cc1. The third-order valence-electron chi connectivity index (χ3n) is 6.35. The van der Waals surface area contributed by atoms with Crippen LogP contribution < -0.4 is 0 Å². The van der Waals surface area contributed by atoms with Crippen LogP contribution in [0.2, 0.25) is 0 Å². The molecule has 1 aliphatic heterocycles. The molecule has 3 aromatic heterocycles. The number of aromatic nitrogens is 4. The summed E-state index contributed by atoms with van der Waals surface area (Å²) in [5.74, 6) is 0.0493. The van der Waals surface area contributed by atoms with Gasteiger partial charge in [-0.05, 0) is 33.8 Å². The Labute approximate surface area is 204 Å². The molecular formula is C26H30N6OS. The number of fused-ring (bicyclic) bond motifs is 1. The van der Waals surface area contributed by atoms with Crippen LogP contribution in [-0.2, 0) is 6.54 Å². The van der Waals surface area contributed by atoms with E-state index in [2.05, 4.69) is 65.4 Å². The van der Waals surface area contributed by atoms with Crippen LogP contribution in [0.3, 0.4) is 0 Å². The number of nitrogens with zero attached hydrogens (tertiary/aromatic N) is 6. The van der Waals surface area contributed by atoms with E-state index in [0.29, 0.717) is 18.7 Å². The highest BCUT2D eigenvalue weighted by atomic mass is 32.1. The molecule has 0 saturated carbocycles. The minimum Gasteiger partial charge on any atom is -0.336 e. The summed E-state index contributed by atoms with van der Waals surface area (Å²) >= 11 is 1.68. The molecule has 176 valence electrons. The van der Waals surface area contributed by atoms with Gasteiger partial charge in [0.1, 0.15) is 0 Å². The quantitative estimate of drug-likeness (QED) is 0.419. The first-order chi connectivity index (χ1) is 16.4. The normalized spacial score (nSPS) is 14.9. The maximum Gasteiger partial charge on any atom is 0.254 e. The first kappa shape index (κ1) is 22.7. The number of pyridine rings is 1. The Bertz CT molecular complexity index is 1320. The Morgan fingerprint density at radius 3 is 2.44 bits per heavy atom. The zero-order chi connectivity index (χ0) is 23.8. The van der Waals surface area contributed by atoms with Crippen molar-refractivity contribution in [2.75, 3.05) is 26.2 Å². The molecule has 0 atom stereocenters. The van der Waals surface area contributed by atoms with Crippen LogP contribution in [0.4, 0.5) is 0 Å².